The van der Waals surface area contributed by atoms with Crippen LogP contribution in [0.1, 0.15) is 40.0 Å². The number of amides is 2. The lowest BCUT2D eigenvalue weighted by atomic mass is 10.2. The second-order valence-corrected chi connectivity index (χ2v) is 7.39. The molecule has 0 aromatic carbocycles. The highest BCUT2D eigenvalue weighted by atomic mass is 19.4. The van der Waals surface area contributed by atoms with Gasteiger partial charge in [-0.15, -0.1) is 0 Å². The van der Waals surface area contributed by atoms with Crippen molar-refractivity contribution in [1.29, 1.82) is 0 Å². The normalized spacial score (nSPS) is 12.6. The standard InChI is InChI=1S/C17H27F6N3O4/c1-15(2,3)30-12(27)6-11-26(9-4-7-24-13(28)16(18,19)20)10-5-8-25-14(29)17(21,22)23/h4-11H2,1-3H3,(H,24,28)(H,25,29). The molecule has 13 heteroatoms. The third-order valence-corrected chi connectivity index (χ3v) is 3.44. The van der Waals surface area contributed by atoms with E-state index in [1.807, 2.05) is 0 Å². The summed E-state index contributed by atoms with van der Waals surface area (Å²) in [6.07, 6.45) is -9.79. The monoisotopic (exact) mass is 451 g/mol. The van der Waals surface area contributed by atoms with Gasteiger partial charge in [0.2, 0.25) is 0 Å². The molecule has 0 aromatic heterocycles. The van der Waals surface area contributed by atoms with Gasteiger partial charge < -0.3 is 20.3 Å². The van der Waals surface area contributed by atoms with Crippen LogP contribution in [0.2, 0.25) is 0 Å². The number of nitrogens with one attached hydrogen (secondary N) is 2. The van der Waals surface area contributed by atoms with E-state index in [1.165, 1.54) is 0 Å². The van der Waals surface area contributed by atoms with Gasteiger partial charge in [0.25, 0.3) is 0 Å². The zero-order chi connectivity index (χ0) is 23.6. The first kappa shape index (κ1) is 27.9. The summed E-state index contributed by atoms with van der Waals surface area (Å²) in [5.41, 5.74) is -0.703. The maximum Gasteiger partial charge on any atom is 0.471 e. The first-order valence-corrected chi connectivity index (χ1v) is 9.16. The van der Waals surface area contributed by atoms with Crippen LogP contribution in [0.3, 0.4) is 0 Å². The zero-order valence-corrected chi connectivity index (χ0v) is 17.0. The average Bonchev–Trinajstić information content (AvgIpc) is 2.55. The van der Waals surface area contributed by atoms with Crippen LogP contribution in [0.25, 0.3) is 0 Å². The molecule has 0 saturated heterocycles. The molecule has 0 aliphatic carbocycles. The van der Waals surface area contributed by atoms with Crippen molar-refractivity contribution >= 4 is 17.8 Å². The molecule has 0 heterocycles. The molecular formula is C17H27F6N3O4. The summed E-state index contributed by atoms with van der Waals surface area (Å²) in [5, 5.41) is 3.42. The van der Waals surface area contributed by atoms with Gasteiger partial charge in [-0.25, -0.2) is 0 Å². The van der Waals surface area contributed by atoms with Crippen molar-refractivity contribution in [2.75, 3.05) is 32.7 Å². The Kier molecular flexibility index (Phi) is 11.1. The van der Waals surface area contributed by atoms with E-state index in [0.717, 1.165) is 0 Å². The maximum absolute atomic E-state index is 12.1. The Morgan fingerprint density at radius 1 is 0.767 bits per heavy atom. The fourth-order valence-electron chi connectivity index (χ4n) is 2.19. The van der Waals surface area contributed by atoms with Gasteiger partial charge in [0.15, 0.2) is 0 Å². The maximum atomic E-state index is 12.1. The van der Waals surface area contributed by atoms with Crippen LogP contribution in [0.4, 0.5) is 26.3 Å². The van der Waals surface area contributed by atoms with Gasteiger partial charge in [-0.2, -0.15) is 26.3 Å². The summed E-state index contributed by atoms with van der Waals surface area (Å²) in [7, 11) is 0. The number of ether oxygens (including phenoxy) is 1. The molecule has 2 amide bonds. The van der Waals surface area contributed by atoms with Crippen molar-refractivity contribution in [3.8, 4) is 0 Å². The molecule has 0 atom stereocenters. The van der Waals surface area contributed by atoms with Crippen LogP contribution in [0, 0.1) is 0 Å². The number of carbonyl (C=O) groups is 3. The fourth-order valence-corrected chi connectivity index (χ4v) is 2.19. The van der Waals surface area contributed by atoms with Crippen molar-refractivity contribution in [2.45, 2.75) is 58.0 Å². The zero-order valence-electron chi connectivity index (χ0n) is 17.0. The Bertz CT molecular complexity index is 539. The van der Waals surface area contributed by atoms with Crippen LogP contribution in [-0.2, 0) is 19.1 Å². The molecule has 7 nitrogen and oxygen atoms in total. The quantitative estimate of drug-likeness (QED) is 0.286. The molecule has 0 fully saturated rings. The first-order chi connectivity index (χ1) is 13.5. The Morgan fingerprint density at radius 3 is 1.50 bits per heavy atom. The highest BCUT2D eigenvalue weighted by Gasteiger charge is 2.38. The van der Waals surface area contributed by atoms with Crippen molar-refractivity contribution in [3.05, 3.63) is 0 Å². The molecule has 0 saturated carbocycles. The summed E-state index contributed by atoms with van der Waals surface area (Å²) in [4.78, 5) is 35.0. The predicted molar refractivity (Wildman–Crippen MR) is 94.3 cm³/mol. The van der Waals surface area contributed by atoms with E-state index in [0.29, 0.717) is 0 Å². The molecular weight excluding hydrogens is 424 g/mol. The topological polar surface area (TPSA) is 87.7 Å². The van der Waals surface area contributed by atoms with Gasteiger partial charge in [0.05, 0.1) is 6.42 Å². The first-order valence-electron chi connectivity index (χ1n) is 9.16. The predicted octanol–water partition coefficient (Wildman–Crippen LogP) is 2.16. The fraction of sp³-hybridized carbons (Fsp3) is 0.824. The van der Waals surface area contributed by atoms with Gasteiger partial charge in [0.1, 0.15) is 5.60 Å². The largest absolute Gasteiger partial charge is 0.471 e. The molecule has 0 aliphatic rings. The van der Waals surface area contributed by atoms with E-state index in [1.54, 1.807) is 36.3 Å². The number of esters is 1. The molecule has 0 unspecified atom stereocenters. The smallest absolute Gasteiger partial charge is 0.460 e. The Morgan fingerprint density at radius 2 is 1.17 bits per heavy atom. The number of rotatable bonds is 11. The minimum atomic E-state index is -4.99. The molecule has 2 N–H and O–H groups in total. The molecule has 0 bridgehead atoms. The summed E-state index contributed by atoms with van der Waals surface area (Å²) >= 11 is 0. The minimum Gasteiger partial charge on any atom is -0.460 e. The minimum absolute atomic E-state index is 0.0406. The summed E-state index contributed by atoms with van der Waals surface area (Å²) in [6.45, 7) is 4.98. The lowest BCUT2D eigenvalue weighted by Crippen LogP contribution is -2.40. The Hall–Kier alpha value is -2.05. The molecule has 0 spiro atoms. The number of nitrogens with zero attached hydrogens (tertiary/aromatic N) is 1. The molecule has 0 aliphatic heterocycles. The van der Waals surface area contributed by atoms with Crippen LogP contribution in [0.15, 0.2) is 0 Å². The van der Waals surface area contributed by atoms with E-state index < -0.39 is 35.7 Å². The van der Waals surface area contributed by atoms with E-state index in [4.69, 9.17) is 4.74 Å². The van der Waals surface area contributed by atoms with Crippen molar-refractivity contribution in [3.63, 3.8) is 0 Å². The Labute approximate surface area is 170 Å². The molecule has 0 rings (SSSR count). The lowest BCUT2D eigenvalue weighted by molar-refractivity contribution is -0.173. The summed E-state index contributed by atoms with van der Waals surface area (Å²) in [5.74, 6) is -4.65. The molecule has 0 aromatic rings. The molecule has 0 radical (unpaired) electrons. The van der Waals surface area contributed by atoms with Crippen molar-refractivity contribution < 1.29 is 45.5 Å². The second-order valence-electron chi connectivity index (χ2n) is 7.39. The van der Waals surface area contributed by atoms with Crippen LogP contribution >= 0.6 is 0 Å². The van der Waals surface area contributed by atoms with Crippen LogP contribution in [0.5, 0.6) is 0 Å². The lowest BCUT2D eigenvalue weighted by Gasteiger charge is -2.24. The third-order valence-electron chi connectivity index (χ3n) is 3.44. The van der Waals surface area contributed by atoms with Gasteiger partial charge in [-0.1, -0.05) is 0 Å². The molecule has 30 heavy (non-hydrogen) atoms. The SMILES string of the molecule is CC(C)(C)OC(=O)CCN(CCCNC(=O)C(F)(F)F)CCCNC(=O)C(F)(F)F. The second kappa shape index (κ2) is 12.0. The summed E-state index contributed by atoms with van der Waals surface area (Å²) < 4.78 is 78.0. The van der Waals surface area contributed by atoms with Crippen molar-refractivity contribution in [2.24, 2.45) is 0 Å². The number of hydrogen-bond acceptors (Lipinski definition) is 5. The van der Waals surface area contributed by atoms with Gasteiger partial charge in [0, 0.05) is 19.6 Å². The number of alkyl halides is 6. The Balaban J connectivity index is 4.52. The molecule has 176 valence electrons. The van der Waals surface area contributed by atoms with E-state index in [2.05, 4.69) is 0 Å². The van der Waals surface area contributed by atoms with Gasteiger partial charge in [-0.3, -0.25) is 14.4 Å². The van der Waals surface area contributed by atoms with Crippen molar-refractivity contribution in [1.82, 2.24) is 15.5 Å². The summed E-state index contributed by atoms with van der Waals surface area (Å²) in [6, 6.07) is 0. The van der Waals surface area contributed by atoms with Gasteiger partial charge >= 0.3 is 30.1 Å². The van der Waals surface area contributed by atoms with Crippen LogP contribution < -0.4 is 10.6 Å². The van der Waals surface area contributed by atoms with E-state index in [-0.39, 0.29) is 52.0 Å². The number of hydrogen-bond donors (Lipinski definition) is 2. The number of halogens is 6. The average molecular weight is 451 g/mol. The highest BCUT2D eigenvalue weighted by Crippen LogP contribution is 2.15. The van der Waals surface area contributed by atoms with E-state index >= 15 is 0 Å². The number of carbonyl (C=O) groups excluding carboxylic acids is 3. The highest BCUT2D eigenvalue weighted by molar-refractivity contribution is 5.81. The van der Waals surface area contributed by atoms with E-state index in [9.17, 15) is 40.7 Å². The van der Waals surface area contributed by atoms with Crippen LogP contribution in [-0.4, -0.2) is 73.4 Å². The third kappa shape index (κ3) is 14.0. The van der Waals surface area contributed by atoms with Gasteiger partial charge in [-0.05, 0) is 46.7 Å².